The molecule has 1 saturated heterocycles. The number of nitrogens with one attached hydrogen (secondary N) is 3. The van der Waals surface area contributed by atoms with E-state index in [4.69, 9.17) is 10.5 Å². The standard InChI is InChI=1S/C29H43N5O7.C3H6.C2H6/c1-6-18(2)15-20(23(36)25(30)37)32-26(38)21-13-10-14-34(21)27(39)24(29(3,4)5)33-28(40)31-16-22(35)41-17-19-11-8-7-9-12-19;1-2-3-1;1-2/h7-9,11-12,18,20-21,24H,6,10,13-17H2,1-5H3,(H2,30,37)(H,32,38)(H2,31,33,40);1-3H2;1-2H3. The third kappa shape index (κ3) is 14.4. The van der Waals surface area contributed by atoms with E-state index in [-0.39, 0.29) is 25.5 Å². The highest BCUT2D eigenvalue weighted by atomic mass is 16.5. The molecule has 46 heavy (non-hydrogen) atoms. The maximum absolute atomic E-state index is 13.7. The number of urea groups is 1. The molecule has 12 nitrogen and oxygen atoms in total. The third-order valence-corrected chi connectivity index (χ3v) is 7.43. The van der Waals surface area contributed by atoms with Crippen molar-refractivity contribution in [1.82, 2.24) is 20.9 Å². The van der Waals surface area contributed by atoms with Gasteiger partial charge in [0.05, 0.1) is 6.04 Å². The second-order valence-corrected chi connectivity index (χ2v) is 12.6. The van der Waals surface area contributed by atoms with Gasteiger partial charge in [0, 0.05) is 6.54 Å². The Bertz CT molecular complexity index is 1150. The van der Waals surface area contributed by atoms with Crippen LogP contribution in [0.3, 0.4) is 0 Å². The van der Waals surface area contributed by atoms with E-state index in [1.807, 2.05) is 45.9 Å². The molecule has 0 spiro atoms. The van der Waals surface area contributed by atoms with E-state index in [1.165, 1.54) is 24.2 Å². The summed E-state index contributed by atoms with van der Waals surface area (Å²) in [6, 6.07) is 5.35. The summed E-state index contributed by atoms with van der Waals surface area (Å²) < 4.78 is 5.16. The van der Waals surface area contributed by atoms with Gasteiger partial charge in [-0.05, 0) is 36.2 Å². The number of likely N-dealkylation sites (tertiary alicyclic amines) is 1. The van der Waals surface area contributed by atoms with Crippen molar-refractivity contribution in [3.63, 3.8) is 0 Å². The van der Waals surface area contributed by atoms with Crippen LogP contribution in [0.5, 0.6) is 0 Å². The Hall–Kier alpha value is -3.96. The number of benzene rings is 1. The first-order chi connectivity index (χ1) is 21.7. The Morgan fingerprint density at radius 2 is 1.59 bits per heavy atom. The zero-order chi connectivity index (χ0) is 34.9. The summed E-state index contributed by atoms with van der Waals surface area (Å²) >= 11 is 0. The number of esters is 1. The van der Waals surface area contributed by atoms with E-state index >= 15 is 0 Å². The summed E-state index contributed by atoms with van der Waals surface area (Å²) in [5.74, 6) is -3.65. The molecule has 1 aliphatic carbocycles. The molecule has 1 heterocycles. The monoisotopic (exact) mass is 645 g/mol. The average molecular weight is 646 g/mol. The molecule has 1 aliphatic heterocycles. The summed E-state index contributed by atoms with van der Waals surface area (Å²) in [7, 11) is 0. The second kappa shape index (κ2) is 20.2. The molecular formula is C34H55N5O7. The highest BCUT2D eigenvalue weighted by molar-refractivity contribution is 6.37. The van der Waals surface area contributed by atoms with Gasteiger partial charge in [-0.15, -0.1) is 0 Å². The fourth-order valence-electron chi connectivity index (χ4n) is 4.48. The van der Waals surface area contributed by atoms with Crippen molar-refractivity contribution < 1.29 is 33.5 Å². The van der Waals surface area contributed by atoms with Gasteiger partial charge in [0.25, 0.3) is 5.91 Å². The number of ketones is 1. The van der Waals surface area contributed by atoms with Gasteiger partial charge in [0.2, 0.25) is 17.6 Å². The number of nitrogens with two attached hydrogens (primary N) is 1. The van der Waals surface area contributed by atoms with Gasteiger partial charge in [-0.1, -0.05) is 104 Å². The second-order valence-electron chi connectivity index (χ2n) is 12.6. The predicted molar refractivity (Wildman–Crippen MR) is 176 cm³/mol. The fraction of sp³-hybridized carbons (Fsp3) is 0.647. The summed E-state index contributed by atoms with van der Waals surface area (Å²) in [5, 5.41) is 7.68. The molecular weight excluding hydrogens is 590 g/mol. The highest BCUT2D eigenvalue weighted by Gasteiger charge is 2.42. The Morgan fingerprint density at radius 1 is 0.978 bits per heavy atom. The lowest BCUT2D eigenvalue weighted by Gasteiger charge is -2.35. The number of nitrogens with zero attached hydrogens (tertiary/aromatic N) is 1. The van der Waals surface area contributed by atoms with Gasteiger partial charge in [-0.2, -0.15) is 0 Å². The van der Waals surface area contributed by atoms with Crippen LogP contribution in [0, 0.1) is 11.3 Å². The minimum absolute atomic E-state index is 0.0496. The van der Waals surface area contributed by atoms with E-state index < -0.39 is 65.6 Å². The van der Waals surface area contributed by atoms with Crippen LogP contribution < -0.4 is 21.7 Å². The summed E-state index contributed by atoms with van der Waals surface area (Å²) in [4.78, 5) is 77.0. The molecule has 1 aromatic rings. The highest BCUT2D eigenvalue weighted by Crippen LogP contribution is 2.26. The van der Waals surface area contributed by atoms with Crippen LogP contribution in [0.4, 0.5) is 4.79 Å². The minimum atomic E-state index is -1.13. The van der Waals surface area contributed by atoms with Gasteiger partial charge >= 0.3 is 12.0 Å². The van der Waals surface area contributed by atoms with Gasteiger partial charge in [-0.3, -0.25) is 24.0 Å². The Labute approximate surface area is 273 Å². The number of carbonyl (C=O) groups excluding carboxylic acids is 6. The third-order valence-electron chi connectivity index (χ3n) is 7.43. The van der Waals surface area contributed by atoms with Crippen LogP contribution in [0.15, 0.2) is 30.3 Å². The van der Waals surface area contributed by atoms with Crippen molar-refractivity contribution in [3.8, 4) is 0 Å². The average Bonchev–Trinajstić information content (AvgIpc) is 3.84. The van der Waals surface area contributed by atoms with E-state index in [9.17, 15) is 28.8 Å². The van der Waals surface area contributed by atoms with Gasteiger partial charge < -0.3 is 31.3 Å². The molecule has 1 aromatic carbocycles. The molecule has 12 heteroatoms. The van der Waals surface area contributed by atoms with Crippen molar-refractivity contribution in [3.05, 3.63) is 35.9 Å². The smallest absolute Gasteiger partial charge is 0.325 e. The molecule has 5 N–H and O–H groups in total. The fourth-order valence-corrected chi connectivity index (χ4v) is 4.48. The topological polar surface area (TPSA) is 177 Å². The summed E-state index contributed by atoms with van der Waals surface area (Å²) in [6.07, 6.45) is 6.37. The molecule has 5 amide bonds. The van der Waals surface area contributed by atoms with Crippen molar-refractivity contribution in [2.24, 2.45) is 17.1 Å². The zero-order valence-corrected chi connectivity index (χ0v) is 28.6. The number of hydrogen-bond acceptors (Lipinski definition) is 7. The van der Waals surface area contributed by atoms with Crippen molar-refractivity contribution >= 4 is 35.5 Å². The lowest BCUT2D eigenvalue weighted by molar-refractivity contribution is -0.143. The lowest BCUT2D eigenvalue weighted by Crippen LogP contribution is -2.60. The zero-order valence-electron chi connectivity index (χ0n) is 28.6. The van der Waals surface area contributed by atoms with Crippen molar-refractivity contribution in [2.75, 3.05) is 13.1 Å². The van der Waals surface area contributed by atoms with E-state index in [0.29, 0.717) is 12.8 Å². The molecule has 0 bridgehead atoms. The van der Waals surface area contributed by atoms with Crippen molar-refractivity contribution in [2.45, 2.75) is 118 Å². The minimum Gasteiger partial charge on any atom is -0.460 e. The molecule has 3 rings (SSSR count). The first kappa shape index (κ1) is 40.1. The lowest BCUT2D eigenvalue weighted by atomic mass is 9.85. The predicted octanol–water partition coefficient (Wildman–Crippen LogP) is 3.61. The molecule has 0 aromatic heterocycles. The largest absolute Gasteiger partial charge is 0.460 e. The van der Waals surface area contributed by atoms with Crippen LogP contribution in [0.2, 0.25) is 0 Å². The Kier molecular flexibility index (Phi) is 17.6. The number of primary amides is 1. The van der Waals surface area contributed by atoms with Crippen molar-refractivity contribution in [1.29, 1.82) is 0 Å². The number of ether oxygens (including phenoxy) is 1. The molecule has 4 unspecified atom stereocenters. The molecule has 2 fully saturated rings. The number of rotatable bonds is 13. The normalized spacial score (nSPS) is 16.9. The van der Waals surface area contributed by atoms with Gasteiger partial charge in [0.1, 0.15) is 25.2 Å². The molecule has 0 radical (unpaired) electrons. The Balaban J connectivity index is 0.00000195. The Morgan fingerprint density at radius 3 is 2.11 bits per heavy atom. The molecule has 2 aliphatic rings. The van der Waals surface area contributed by atoms with Gasteiger partial charge in [-0.25, -0.2) is 4.79 Å². The van der Waals surface area contributed by atoms with Crippen LogP contribution in [-0.4, -0.2) is 71.6 Å². The SMILES string of the molecule is C1CC1.CC.CCC(C)CC(NC(=O)C1CCCN1C(=O)C(NC(=O)NCC(=O)OCc1ccccc1)C(C)(C)C)C(=O)C(N)=O. The maximum Gasteiger partial charge on any atom is 0.325 e. The van der Waals surface area contributed by atoms with E-state index in [0.717, 1.165) is 12.0 Å². The van der Waals surface area contributed by atoms with E-state index in [2.05, 4.69) is 16.0 Å². The number of amides is 5. The van der Waals surface area contributed by atoms with Crippen LogP contribution >= 0.6 is 0 Å². The number of carbonyl (C=O) groups is 6. The summed E-state index contributed by atoms with van der Waals surface area (Å²) in [5.41, 5.74) is 5.26. The maximum atomic E-state index is 13.7. The first-order valence-electron chi connectivity index (χ1n) is 16.4. The van der Waals surface area contributed by atoms with Crippen LogP contribution in [0.1, 0.15) is 99.0 Å². The number of Topliss-reactive ketones (excluding diaryl/α,β-unsaturated/α-hetero) is 1. The van der Waals surface area contributed by atoms with Crippen LogP contribution in [0.25, 0.3) is 0 Å². The van der Waals surface area contributed by atoms with Gasteiger partial charge in [0.15, 0.2) is 0 Å². The first-order valence-corrected chi connectivity index (χ1v) is 16.4. The number of hydrogen-bond donors (Lipinski definition) is 4. The molecule has 4 atom stereocenters. The quantitative estimate of drug-likeness (QED) is 0.187. The molecule has 1 saturated carbocycles. The molecule has 258 valence electrons. The van der Waals surface area contributed by atoms with Crippen LogP contribution in [-0.2, 0) is 35.3 Å². The summed E-state index contributed by atoms with van der Waals surface area (Å²) in [6.45, 7) is 13.1. The van der Waals surface area contributed by atoms with E-state index in [1.54, 1.807) is 32.9 Å².